The van der Waals surface area contributed by atoms with Gasteiger partial charge in [0.25, 0.3) is 0 Å². The first-order chi connectivity index (χ1) is 9.20. The van der Waals surface area contributed by atoms with Gasteiger partial charge in [-0.15, -0.1) is 0 Å². The van der Waals surface area contributed by atoms with E-state index in [1.165, 1.54) is 0 Å². The van der Waals surface area contributed by atoms with E-state index in [1.54, 1.807) is 0 Å². The average molecular weight is 257 g/mol. The van der Waals surface area contributed by atoms with E-state index in [0.717, 1.165) is 17.1 Å². The van der Waals surface area contributed by atoms with Crippen LogP contribution in [-0.4, -0.2) is 11.7 Å². The van der Waals surface area contributed by atoms with Crippen molar-refractivity contribution in [3.63, 3.8) is 0 Å². The Labute approximate surface area is 113 Å². The molecule has 0 fully saturated rings. The number of aliphatic hydroxyl groups excluding tert-OH is 1. The SMILES string of the molecule is CC(CN)C(O)c1ccc(Oc2ccccc2)cc1. The highest BCUT2D eigenvalue weighted by Crippen LogP contribution is 2.25. The molecule has 0 saturated carbocycles. The second-order valence-electron chi connectivity index (χ2n) is 4.64. The van der Waals surface area contributed by atoms with Crippen molar-refractivity contribution in [2.75, 3.05) is 6.54 Å². The Kier molecular flexibility index (Phi) is 4.55. The van der Waals surface area contributed by atoms with Crippen LogP contribution in [0.4, 0.5) is 0 Å². The van der Waals surface area contributed by atoms with Crippen LogP contribution in [0.3, 0.4) is 0 Å². The van der Waals surface area contributed by atoms with Gasteiger partial charge in [-0.1, -0.05) is 37.3 Å². The quantitative estimate of drug-likeness (QED) is 0.865. The predicted octanol–water partition coefficient (Wildman–Crippen LogP) is 3.11. The number of nitrogens with two attached hydrogens (primary N) is 1. The summed E-state index contributed by atoms with van der Waals surface area (Å²) >= 11 is 0. The molecule has 0 bridgehead atoms. The highest BCUT2D eigenvalue weighted by molar-refractivity contribution is 5.33. The summed E-state index contributed by atoms with van der Waals surface area (Å²) in [4.78, 5) is 0. The summed E-state index contributed by atoms with van der Waals surface area (Å²) in [6.45, 7) is 2.39. The number of aliphatic hydroxyl groups is 1. The summed E-state index contributed by atoms with van der Waals surface area (Å²) in [6.07, 6.45) is -0.532. The molecule has 0 aliphatic rings. The number of rotatable bonds is 5. The van der Waals surface area contributed by atoms with Crippen molar-refractivity contribution in [2.45, 2.75) is 13.0 Å². The van der Waals surface area contributed by atoms with E-state index in [-0.39, 0.29) is 5.92 Å². The van der Waals surface area contributed by atoms with E-state index in [4.69, 9.17) is 10.5 Å². The van der Waals surface area contributed by atoms with Crippen LogP contribution in [0, 0.1) is 5.92 Å². The van der Waals surface area contributed by atoms with Gasteiger partial charge in [0.05, 0.1) is 6.10 Å². The maximum Gasteiger partial charge on any atom is 0.127 e. The minimum absolute atomic E-state index is 0.0425. The van der Waals surface area contributed by atoms with Gasteiger partial charge in [0.2, 0.25) is 0 Å². The standard InChI is InChI=1S/C16H19NO2/c1-12(11-17)16(18)13-7-9-15(10-8-13)19-14-5-3-2-4-6-14/h2-10,12,16,18H,11,17H2,1H3. The molecule has 0 aromatic heterocycles. The van der Waals surface area contributed by atoms with E-state index in [1.807, 2.05) is 61.5 Å². The second kappa shape index (κ2) is 6.36. The predicted molar refractivity (Wildman–Crippen MR) is 76.1 cm³/mol. The first-order valence-electron chi connectivity index (χ1n) is 6.41. The summed E-state index contributed by atoms with van der Waals surface area (Å²) in [6, 6.07) is 17.1. The molecule has 0 aliphatic heterocycles. The van der Waals surface area contributed by atoms with Gasteiger partial charge in [0.1, 0.15) is 11.5 Å². The highest BCUT2D eigenvalue weighted by atomic mass is 16.5. The molecule has 100 valence electrons. The average Bonchev–Trinajstić information content (AvgIpc) is 2.47. The Morgan fingerprint density at radius 3 is 2.16 bits per heavy atom. The van der Waals surface area contributed by atoms with Crippen LogP contribution in [0.25, 0.3) is 0 Å². The third-order valence-corrected chi connectivity index (χ3v) is 3.11. The van der Waals surface area contributed by atoms with Crippen molar-refractivity contribution in [3.8, 4) is 11.5 Å². The summed E-state index contributed by atoms with van der Waals surface area (Å²) in [5, 5.41) is 10.0. The van der Waals surface area contributed by atoms with Crippen LogP contribution in [0.2, 0.25) is 0 Å². The molecule has 2 aromatic carbocycles. The first-order valence-corrected chi connectivity index (χ1v) is 6.41. The van der Waals surface area contributed by atoms with Crippen molar-refractivity contribution in [1.29, 1.82) is 0 Å². The van der Waals surface area contributed by atoms with Crippen molar-refractivity contribution in [3.05, 3.63) is 60.2 Å². The second-order valence-corrected chi connectivity index (χ2v) is 4.64. The molecule has 2 aromatic rings. The lowest BCUT2D eigenvalue weighted by atomic mass is 9.98. The fraction of sp³-hybridized carbons (Fsp3) is 0.250. The molecule has 3 N–H and O–H groups in total. The Morgan fingerprint density at radius 2 is 1.58 bits per heavy atom. The van der Waals surface area contributed by atoms with Gasteiger partial charge in [-0.05, 0) is 42.3 Å². The molecule has 0 heterocycles. The molecule has 2 rings (SSSR count). The smallest absolute Gasteiger partial charge is 0.127 e. The molecule has 19 heavy (non-hydrogen) atoms. The maximum absolute atomic E-state index is 10.0. The molecular weight excluding hydrogens is 238 g/mol. The zero-order valence-corrected chi connectivity index (χ0v) is 11.0. The lowest BCUT2D eigenvalue weighted by molar-refractivity contribution is 0.121. The molecule has 0 saturated heterocycles. The zero-order valence-electron chi connectivity index (χ0n) is 11.0. The zero-order chi connectivity index (χ0) is 13.7. The van der Waals surface area contributed by atoms with Crippen LogP contribution in [0.1, 0.15) is 18.6 Å². The molecule has 3 heteroatoms. The molecule has 0 radical (unpaired) electrons. The Bertz CT molecular complexity index is 496. The maximum atomic E-state index is 10.0. The minimum Gasteiger partial charge on any atom is -0.457 e. The highest BCUT2D eigenvalue weighted by Gasteiger charge is 2.14. The van der Waals surface area contributed by atoms with Crippen molar-refractivity contribution >= 4 is 0 Å². The Morgan fingerprint density at radius 1 is 1.00 bits per heavy atom. The van der Waals surface area contributed by atoms with Gasteiger partial charge in [-0.3, -0.25) is 0 Å². The van der Waals surface area contributed by atoms with Crippen molar-refractivity contribution in [2.24, 2.45) is 11.7 Å². The lowest BCUT2D eigenvalue weighted by Crippen LogP contribution is -2.18. The Hall–Kier alpha value is -1.84. The summed E-state index contributed by atoms with van der Waals surface area (Å²) in [5.41, 5.74) is 6.42. The molecular formula is C16H19NO2. The largest absolute Gasteiger partial charge is 0.457 e. The molecule has 2 atom stereocenters. The summed E-state index contributed by atoms with van der Waals surface area (Å²) in [7, 11) is 0. The number of benzene rings is 2. The van der Waals surface area contributed by atoms with E-state index in [0.29, 0.717) is 6.54 Å². The van der Waals surface area contributed by atoms with E-state index < -0.39 is 6.10 Å². The van der Waals surface area contributed by atoms with Crippen LogP contribution >= 0.6 is 0 Å². The normalized spacial score (nSPS) is 13.8. The molecule has 0 aliphatic carbocycles. The fourth-order valence-electron chi connectivity index (χ4n) is 1.82. The van der Waals surface area contributed by atoms with E-state index in [2.05, 4.69) is 0 Å². The van der Waals surface area contributed by atoms with Gasteiger partial charge in [0, 0.05) is 0 Å². The topological polar surface area (TPSA) is 55.5 Å². The van der Waals surface area contributed by atoms with Crippen LogP contribution < -0.4 is 10.5 Å². The third-order valence-electron chi connectivity index (χ3n) is 3.11. The van der Waals surface area contributed by atoms with E-state index >= 15 is 0 Å². The van der Waals surface area contributed by atoms with Gasteiger partial charge < -0.3 is 15.6 Å². The molecule has 3 nitrogen and oxygen atoms in total. The molecule has 0 spiro atoms. The minimum atomic E-state index is -0.532. The summed E-state index contributed by atoms with van der Waals surface area (Å²) < 4.78 is 5.69. The van der Waals surface area contributed by atoms with Crippen LogP contribution in [0.5, 0.6) is 11.5 Å². The summed E-state index contributed by atoms with van der Waals surface area (Å²) in [5.74, 6) is 1.59. The number of hydrogen-bond acceptors (Lipinski definition) is 3. The van der Waals surface area contributed by atoms with Crippen molar-refractivity contribution < 1.29 is 9.84 Å². The Balaban J connectivity index is 2.06. The third kappa shape index (κ3) is 3.56. The molecule has 2 unspecified atom stereocenters. The van der Waals surface area contributed by atoms with Gasteiger partial charge in [0.15, 0.2) is 0 Å². The van der Waals surface area contributed by atoms with Gasteiger partial charge in [-0.2, -0.15) is 0 Å². The van der Waals surface area contributed by atoms with Gasteiger partial charge in [-0.25, -0.2) is 0 Å². The lowest BCUT2D eigenvalue weighted by Gasteiger charge is -2.17. The number of ether oxygens (including phenoxy) is 1. The number of para-hydroxylation sites is 1. The van der Waals surface area contributed by atoms with Crippen LogP contribution in [0.15, 0.2) is 54.6 Å². The first kappa shape index (κ1) is 13.6. The van der Waals surface area contributed by atoms with E-state index in [9.17, 15) is 5.11 Å². The number of hydrogen-bond donors (Lipinski definition) is 2. The van der Waals surface area contributed by atoms with Gasteiger partial charge >= 0.3 is 0 Å². The van der Waals surface area contributed by atoms with Crippen molar-refractivity contribution in [1.82, 2.24) is 0 Å². The monoisotopic (exact) mass is 257 g/mol. The molecule has 0 amide bonds. The van der Waals surface area contributed by atoms with Crippen LogP contribution in [-0.2, 0) is 0 Å². The fourth-order valence-corrected chi connectivity index (χ4v) is 1.82.